The van der Waals surface area contributed by atoms with Crippen molar-refractivity contribution in [3.63, 3.8) is 0 Å². The van der Waals surface area contributed by atoms with Crippen molar-refractivity contribution in [1.82, 2.24) is 0 Å². The zero-order valence-electron chi connectivity index (χ0n) is 18.0. The van der Waals surface area contributed by atoms with Crippen molar-refractivity contribution >= 4 is 45.2 Å². The molecule has 0 aliphatic rings. The van der Waals surface area contributed by atoms with E-state index in [-0.39, 0.29) is 5.57 Å². The maximum atomic E-state index is 12.6. The molecule has 0 saturated carbocycles. The van der Waals surface area contributed by atoms with Gasteiger partial charge < -0.3 is 10.1 Å². The smallest absolute Gasteiger partial charge is 0.266 e. The van der Waals surface area contributed by atoms with Gasteiger partial charge in [-0.25, -0.2) is 0 Å². The molecular weight excluding hydrogens is 488 g/mol. The van der Waals surface area contributed by atoms with E-state index in [4.69, 9.17) is 16.3 Å². The Balaban J connectivity index is 1.74. The van der Waals surface area contributed by atoms with Crippen LogP contribution in [0.5, 0.6) is 5.75 Å². The molecule has 162 valence electrons. The highest BCUT2D eigenvalue weighted by atomic mass is 79.9. The topological polar surface area (TPSA) is 62.1 Å². The molecule has 0 atom stereocenters. The van der Waals surface area contributed by atoms with Gasteiger partial charge in [0.05, 0.1) is 4.47 Å². The molecule has 3 aromatic carbocycles. The molecule has 0 heterocycles. The van der Waals surface area contributed by atoms with Gasteiger partial charge in [-0.2, -0.15) is 5.26 Å². The molecule has 0 spiro atoms. The number of amides is 1. The van der Waals surface area contributed by atoms with E-state index < -0.39 is 5.91 Å². The van der Waals surface area contributed by atoms with E-state index in [9.17, 15) is 10.1 Å². The largest absolute Gasteiger partial charge is 0.488 e. The number of nitrogens with one attached hydrogen (secondary N) is 1. The number of ether oxygens (including phenoxy) is 1. The number of rotatable bonds is 6. The first-order valence-electron chi connectivity index (χ1n) is 9.94. The zero-order chi connectivity index (χ0) is 23.3. The Bertz CT molecular complexity index is 1220. The molecule has 0 fully saturated rings. The van der Waals surface area contributed by atoms with Crippen molar-refractivity contribution < 1.29 is 9.53 Å². The second-order valence-electron chi connectivity index (χ2n) is 7.51. The number of carbonyl (C=O) groups excluding carboxylic acids is 1. The Kier molecular flexibility index (Phi) is 7.74. The third kappa shape index (κ3) is 6.00. The fourth-order valence-electron chi connectivity index (χ4n) is 3.29. The molecule has 3 aromatic rings. The Morgan fingerprint density at radius 1 is 1.12 bits per heavy atom. The van der Waals surface area contributed by atoms with Gasteiger partial charge in [-0.1, -0.05) is 53.1 Å². The summed E-state index contributed by atoms with van der Waals surface area (Å²) in [5.74, 6) is 0.183. The van der Waals surface area contributed by atoms with Gasteiger partial charge >= 0.3 is 0 Å². The quantitative estimate of drug-likeness (QED) is 0.283. The van der Waals surface area contributed by atoms with Crippen molar-refractivity contribution in [3.8, 4) is 11.8 Å². The highest BCUT2D eigenvalue weighted by molar-refractivity contribution is 9.10. The maximum Gasteiger partial charge on any atom is 0.266 e. The molecule has 0 saturated heterocycles. The summed E-state index contributed by atoms with van der Waals surface area (Å²) in [6, 6.07) is 18.9. The number of hydrogen-bond donors (Lipinski definition) is 1. The Morgan fingerprint density at radius 3 is 2.50 bits per heavy atom. The zero-order valence-corrected chi connectivity index (χ0v) is 20.3. The summed E-state index contributed by atoms with van der Waals surface area (Å²) in [7, 11) is 0. The van der Waals surface area contributed by atoms with Crippen molar-refractivity contribution in [3.05, 3.63) is 97.5 Å². The minimum Gasteiger partial charge on any atom is -0.488 e. The van der Waals surface area contributed by atoms with E-state index in [0.717, 1.165) is 15.6 Å². The summed E-state index contributed by atoms with van der Waals surface area (Å²) >= 11 is 9.62. The van der Waals surface area contributed by atoms with E-state index >= 15 is 0 Å². The van der Waals surface area contributed by atoms with Crippen molar-refractivity contribution in [2.45, 2.75) is 27.4 Å². The van der Waals surface area contributed by atoms with Crippen LogP contribution in [-0.2, 0) is 11.4 Å². The van der Waals surface area contributed by atoms with Gasteiger partial charge in [0.1, 0.15) is 24.0 Å². The van der Waals surface area contributed by atoms with E-state index in [1.165, 1.54) is 17.2 Å². The minimum atomic E-state index is -0.496. The molecule has 0 bridgehead atoms. The van der Waals surface area contributed by atoms with Crippen LogP contribution in [0.15, 0.2) is 64.6 Å². The van der Waals surface area contributed by atoms with Crippen LogP contribution in [0.1, 0.15) is 27.8 Å². The Labute approximate surface area is 201 Å². The maximum absolute atomic E-state index is 12.6. The summed E-state index contributed by atoms with van der Waals surface area (Å²) in [6.45, 7) is 6.37. The standard InChI is InChI=1S/C26H22BrClN2O2/c1-16-9-17(2)11-20(10-16)15-32-25-8-7-19(13-22(25)27)12-21(14-29)26(31)30-24-6-4-5-23(28)18(24)3/h4-13H,15H2,1-3H3,(H,30,31)/b21-12+. The predicted molar refractivity (Wildman–Crippen MR) is 133 cm³/mol. The van der Waals surface area contributed by atoms with Crippen LogP contribution in [0, 0.1) is 32.1 Å². The molecule has 32 heavy (non-hydrogen) atoms. The van der Waals surface area contributed by atoms with E-state index in [1.807, 2.05) is 25.1 Å². The lowest BCUT2D eigenvalue weighted by Crippen LogP contribution is -2.14. The van der Waals surface area contributed by atoms with Crippen LogP contribution in [0.3, 0.4) is 0 Å². The highest BCUT2D eigenvalue weighted by Gasteiger charge is 2.12. The lowest BCUT2D eigenvalue weighted by atomic mass is 10.1. The number of nitrogens with zero attached hydrogens (tertiary/aromatic N) is 1. The van der Waals surface area contributed by atoms with Crippen molar-refractivity contribution in [2.75, 3.05) is 5.32 Å². The summed E-state index contributed by atoms with van der Waals surface area (Å²) in [6.07, 6.45) is 1.54. The van der Waals surface area contributed by atoms with E-state index in [2.05, 4.69) is 53.3 Å². The number of halogens is 2. The summed E-state index contributed by atoms with van der Waals surface area (Å²) < 4.78 is 6.68. The van der Waals surface area contributed by atoms with E-state index in [0.29, 0.717) is 28.6 Å². The van der Waals surface area contributed by atoms with Crippen molar-refractivity contribution in [2.24, 2.45) is 0 Å². The molecule has 0 unspecified atom stereocenters. The van der Waals surface area contributed by atoms with Crippen LogP contribution in [0.25, 0.3) is 6.08 Å². The average molecular weight is 510 g/mol. The minimum absolute atomic E-state index is 0.0137. The number of anilines is 1. The second kappa shape index (κ2) is 10.5. The summed E-state index contributed by atoms with van der Waals surface area (Å²) in [5.41, 5.74) is 5.48. The second-order valence-corrected chi connectivity index (χ2v) is 8.77. The number of benzene rings is 3. The summed E-state index contributed by atoms with van der Waals surface area (Å²) in [5, 5.41) is 12.8. The molecule has 3 rings (SSSR count). The summed E-state index contributed by atoms with van der Waals surface area (Å²) in [4.78, 5) is 12.6. The molecule has 6 heteroatoms. The molecule has 1 N–H and O–H groups in total. The molecule has 1 amide bonds. The third-order valence-electron chi connectivity index (χ3n) is 4.82. The first kappa shape index (κ1) is 23.6. The molecular formula is C26H22BrClN2O2. The van der Waals surface area contributed by atoms with Crippen molar-refractivity contribution in [1.29, 1.82) is 5.26 Å². The number of aryl methyl sites for hydroxylation is 2. The van der Waals surface area contributed by atoms with Crippen LogP contribution >= 0.6 is 27.5 Å². The lowest BCUT2D eigenvalue weighted by Gasteiger charge is -2.11. The van der Waals surface area contributed by atoms with Gasteiger partial charge in [0.2, 0.25) is 0 Å². The molecule has 0 aliphatic heterocycles. The van der Waals surface area contributed by atoms with Gasteiger partial charge in [-0.05, 0) is 83.7 Å². The SMILES string of the molecule is Cc1cc(C)cc(COc2ccc(/C=C(\C#N)C(=O)Nc3cccc(Cl)c3C)cc2Br)c1. The number of nitriles is 1. The fraction of sp³-hybridized carbons (Fsp3) is 0.154. The van der Waals surface area contributed by atoms with Crippen LogP contribution in [-0.4, -0.2) is 5.91 Å². The van der Waals surface area contributed by atoms with Crippen LogP contribution in [0.4, 0.5) is 5.69 Å². The monoisotopic (exact) mass is 508 g/mol. The predicted octanol–water partition coefficient (Wildman–Crippen LogP) is 7.15. The molecule has 0 aromatic heterocycles. The van der Waals surface area contributed by atoms with Gasteiger partial charge in [0.25, 0.3) is 5.91 Å². The average Bonchev–Trinajstić information content (AvgIpc) is 2.74. The normalized spacial score (nSPS) is 11.1. The van der Waals surface area contributed by atoms with Gasteiger partial charge in [-0.15, -0.1) is 0 Å². The van der Waals surface area contributed by atoms with Gasteiger partial charge in [0.15, 0.2) is 0 Å². The first-order valence-corrected chi connectivity index (χ1v) is 11.1. The highest BCUT2D eigenvalue weighted by Crippen LogP contribution is 2.28. The Morgan fingerprint density at radius 2 is 1.84 bits per heavy atom. The molecule has 4 nitrogen and oxygen atoms in total. The van der Waals surface area contributed by atoms with Crippen LogP contribution in [0.2, 0.25) is 5.02 Å². The number of hydrogen-bond acceptors (Lipinski definition) is 3. The van der Waals surface area contributed by atoms with Crippen LogP contribution < -0.4 is 10.1 Å². The number of carbonyl (C=O) groups is 1. The fourth-order valence-corrected chi connectivity index (χ4v) is 3.97. The Hall–Kier alpha value is -3.07. The van der Waals surface area contributed by atoms with E-state index in [1.54, 1.807) is 24.3 Å². The first-order chi connectivity index (χ1) is 15.3. The van der Waals surface area contributed by atoms with Gasteiger partial charge in [0, 0.05) is 10.7 Å². The van der Waals surface area contributed by atoms with Gasteiger partial charge in [-0.3, -0.25) is 4.79 Å². The molecule has 0 aliphatic carbocycles. The molecule has 0 radical (unpaired) electrons. The third-order valence-corrected chi connectivity index (χ3v) is 5.85. The lowest BCUT2D eigenvalue weighted by molar-refractivity contribution is -0.112.